The number of fused-ring (bicyclic) bond motifs is 1. The molecule has 0 bridgehead atoms. The molecule has 3 aliphatic carbocycles. The van der Waals surface area contributed by atoms with Gasteiger partial charge in [0.05, 0.1) is 18.0 Å². The molecule has 3 fully saturated rings. The Labute approximate surface area is 245 Å². The third-order valence-corrected chi connectivity index (χ3v) is 10.7. The van der Waals surface area contributed by atoms with Crippen molar-refractivity contribution in [2.45, 2.75) is 118 Å². The van der Waals surface area contributed by atoms with Gasteiger partial charge in [-0.05, 0) is 86.0 Å². The number of Topliss-reactive ketones (excluding diaryl/α,β-unsaturated/α-hetero) is 2. The maximum absolute atomic E-state index is 14.4. The van der Waals surface area contributed by atoms with E-state index in [2.05, 4.69) is 54.4 Å². The van der Waals surface area contributed by atoms with E-state index in [0.717, 1.165) is 37.7 Å². The molecule has 0 amide bonds. The second-order valence-electron chi connectivity index (χ2n) is 14.6. The van der Waals surface area contributed by atoms with Crippen molar-refractivity contribution in [3.05, 3.63) is 37.1 Å². The molecule has 0 aromatic heterocycles. The first-order chi connectivity index (χ1) is 18.8. The number of ketones is 2. The quantitative estimate of drug-likeness (QED) is 0.136. The Kier molecular flexibility index (Phi) is 11.1. The lowest BCUT2D eigenvalue weighted by atomic mass is 9.70. The number of carbonyl (C=O) groups is 2. The van der Waals surface area contributed by atoms with Gasteiger partial charge in [0.15, 0.2) is 0 Å². The zero-order valence-electron chi connectivity index (χ0n) is 26.5. The van der Waals surface area contributed by atoms with Crippen LogP contribution in [0.2, 0.25) is 0 Å². The number of hydrogen-bond acceptors (Lipinski definition) is 4. The van der Waals surface area contributed by atoms with Crippen molar-refractivity contribution >= 4 is 11.6 Å². The average molecular weight is 555 g/mol. The van der Waals surface area contributed by atoms with Gasteiger partial charge in [-0.2, -0.15) is 0 Å². The van der Waals surface area contributed by atoms with E-state index in [0.29, 0.717) is 55.8 Å². The van der Waals surface area contributed by atoms with Gasteiger partial charge in [0, 0.05) is 30.6 Å². The molecular formula is C36H58O4. The number of rotatable bonds is 18. The summed E-state index contributed by atoms with van der Waals surface area (Å²) in [6.45, 7) is 25.6. The number of aliphatic hydroxyl groups is 1. The standard InChI is InChI=1S/C36H58O4/c1-10-12-18-36(9,39)25(6)27(15-11-2)20-31(37)32-29(21-30-33(32)35(30,7)8)34(38)28(26-16-13-14-17-26)19-24(5)40-22-23(3)4/h10,23,26-30,32-33,39H,1,5-6,11-22H2,2-4,7-9H3. The van der Waals surface area contributed by atoms with Crippen LogP contribution in [0.1, 0.15) is 112 Å². The predicted molar refractivity (Wildman–Crippen MR) is 165 cm³/mol. The minimum absolute atomic E-state index is 0.0798. The maximum atomic E-state index is 14.4. The van der Waals surface area contributed by atoms with Crippen molar-refractivity contribution in [2.24, 2.45) is 52.8 Å². The van der Waals surface area contributed by atoms with Gasteiger partial charge in [-0.3, -0.25) is 9.59 Å². The smallest absolute Gasteiger partial charge is 0.140 e. The first kappa shape index (κ1) is 32.8. The summed E-state index contributed by atoms with van der Waals surface area (Å²) in [5.74, 6) is 2.05. The SMILES string of the molecule is C=CCCC(C)(O)C(=C)C(CCC)CC(=O)C1C(C(=O)C(CC(=C)OCC(C)C)C2CCCC2)CC2C1C2(C)C. The van der Waals surface area contributed by atoms with Crippen molar-refractivity contribution < 1.29 is 19.4 Å². The van der Waals surface area contributed by atoms with Gasteiger partial charge >= 0.3 is 0 Å². The Morgan fingerprint density at radius 3 is 2.38 bits per heavy atom. The number of allylic oxidation sites excluding steroid dienone is 2. The fraction of sp³-hybridized carbons (Fsp3) is 0.778. The van der Waals surface area contributed by atoms with Crippen LogP contribution in [0.4, 0.5) is 0 Å². The minimum Gasteiger partial charge on any atom is -0.498 e. The molecule has 40 heavy (non-hydrogen) atoms. The van der Waals surface area contributed by atoms with Crippen molar-refractivity contribution in [2.75, 3.05) is 6.61 Å². The minimum atomic E-state index is -1.04. The molecule has 0 aromatic carbocycles. The van der Waals surface area contributed by atoms with Crippen LogP contribution in [0.3, 0.4) is 0 Å². The fourth-order valence-corrected chi connectivity index (χ4v) is 8.17. The van der Waals surface area contributed by atoms with Crippen molar-refractivity contribution in [1.82, 2.24) is 0 Å². The third kappa shape index (κ3) is 7.39. The molecule has 0 aliphatic heterocycles. The maximum Gasteiger partial charge on any atom is 0.140 e. The van der Waals surface area contributed by atoms with Crippen molar-refractivity contribution in [3.63, 3.8) is 0 Å². The first-order valence-electron chi connectivity index (χ1n) is 16.2. The van der Waals surface area contributed by atoms with Gasteiger partial charge in [-0.25, -0.2) is 0 Å². The largest absolute Gasteiger partial charge is 0.498 e. The number of carbonyl (C=O) groups excluding carboxylic acids is 2. The zero-order valence-corrected chi connectivity index (χ0v) is 26.5. The average Bonchev–Trinajstić information content (AvgIpc) is 3.35. The second kappa shape index (κ2) is 13.5. The molecule has 3 saturated carbocycles. The Bertz CT molecular complexity index is 934. The van der Waals surface area contributed by atoms with E-state index < -0.39 is 5.60 Å². The Hall–Kier alpha value is -1.68. The molecule has 0 heterocycles. The van der Waals surface area contributed by atoms with Crippen LogP contribution in [-0.4, -0.2) is 28.9 Å². The molecule has 7 unspecified atom stereocenters. The summed E-state index contributed by atoms with van der Waals surface area (Å²) in [6.07, 6.45) is 11.1. The highest BCUT2D eigenvalue weighted by Crippen LogP contribution is 2.71. The molecule has 4 heteroatoms. The van der Waals surface area contributed by atoms with Crippen molar-refractivity contribution in [1.29, 1.82) is 0 Å². The molecule has 0 spiro atoms. The van der Waals surface area contributed by atoms with Crippen LogP contribution in [0.25, 0.3) is 0 Å². The van der Waals surface area contributed by atoms with Crippen molar-refractivity contribution in [3.8, 4) is 0 Å². The van der Waals surface area contributed by atoms with Gasteiger partial charge in [0.1, 0.15) is 11.6 Å². The molecule has 1 N–H and O–H groups in total. The lowest BCUT2D eigenvalue weighted by Gasteiger charge is -2.34. The van der Waals surface area contributed by atoms with E-state index in [1.807, 2.05) is 13.0 Å². The molecule has 4 nitrogen and oxygen atoms in total. The molecule has 3 rings (SSSR count). The molecule has 0 radical (unpaired) electrons. The number of hydrogen-bond donors (Lipinski definition) is 1. The van der Waals surface area contributed by atoms with Gasteiger partial charge in [0.25, 0.3) is 0 Å². The summed E-state index contributed by atoms with van der Waals surface area (Å²) in [5.41, 5.74) is -0.180. The lowest BCUT2D eigenvalue weighted by molar-refractivity contribution is -0.137. The summed E-state index contributed by atoms with van der Waals surface area (Å²) in [5, 5.41) is 11.2. The molecule has 7 atom stereocenters. The first-order valence-corrected chi connectivity index (χ1v) is 16.2. The van der Waals surface area contributed by atoms with Gasteiger partial charge in [-0.1, -0.05) is 73.1 Å². The summed E-state index contributed by atoms with van der Waals surface area (Å²) in [6, 6.07) is 0. The van der Waals surface area contributed by atoms with Crippen LogP contribution in [0, 0.1) is 52.8 Å². The highest BCUT2D eigenvalue weighted by atomic mass is 16.5. The van der Waals surface area contributed by atoms with E-state index >= 15 is 0 Å². The monoisotopic (exact) mass is 554 g/mol. The predicted octanol–water partition coefficient (Wildman–Crippen LogP) is 8.50. The molecule has 3 aliphatic rings. The Morgan fingerprint density at radius 2 is 1.80 bits per heavy atom. The van der Waals surface area contributed by atoms with Crippen LogP contribution >= 0.6 is 0 Å². The molecule has 0 aromatic rings. The summed E-state index contributed by atoms with van der Waals surface area (Å²) in [7, 11) is 0. The van der Waals surface area contributed by atoms with Crippen LogP contribution in [-0.2, 0) is 14.3 Å². The lowest BCUT2D eigenvalue weighted by Crippen LogP contribution is -2.38. The summed E-state index contributed by atoms with van der Waals surface area (Å²) < 4.78 is 5.96. The molecular weight excluding hydrogens is 496 g/mol. The van der Waals surface area contributed by atoms with Gasteiger partial charge in [-0.15, -0.1) is 6.58 Å². The van der Waals surface area contributed by atoms with E-state index in [4.69, 9.17) is 4.74 Å². The molecule has 226 valence electrons. The second-order valence-corrected chi connectivity index (χ2v) is 14.6. The number of ether oxygens (including phenoxy) is 1. The summed E-state index contributed by atoms with van der Waals surface area (Å²) in [4.78, 5) is 28.6. The summed E-state index contributed by atoms with van der Waals surface area (Å²) >= 11 is 0. The van der Waals surface area contributed by atoms with Gasteiger partial charge in [0.2, 0.25) is 0 Å². The van der Waals surface area contributed by atoms with Gasteiger partial charge < -0.3 is 9.84 Å². The van der Waals surface area contributed by atoms with Crippen LogP contribution in [0.15, 0.2) is 37.1 Å². The fourth-order valence-electron chi connectivity index (χ4n) is 8.17. The highest BCUT2D eigenvalue weighted by molar-refractivity contribution is 5.93. The van der Waals surface area contributed by atoms with E-state index in [9.17, 15) is 14.7 Å². The Morgan fingerprint density at radius 1 is 1.15 bits per heavy atom. The Balaban J connectivity index is 1.82. The van der Waals surface area contributed by atoms with E-state index in [-0.39, 0.29) is 46.6 Å². The van der Waals surface area contributed by atoms with E-state index in [1.54, 1.807) is 0 Å². The molecule has 0 saturated heterocycles. The van der Waals surface area contributed by atoms with Crippen LogP contribution in [0.5, 0.6) is 0 Å². The topological polar surface area (TPSA) is 63.6 Å². The van der Waals surface area contributed by atoms with E-state index in [1.165, 1.54) is 12.8 Å². The third-order valence-electron chi connectivity index (χ3n) is 10.7. The van der Waals surface area contributed by atoms with Crippen LogP contribution < -0.4 is 0 Å². The highest BCUT2D eigenvalue weighted by Gasteiger charge is 2.69. The zero-order chi connectivity index (χ0) is 29.8. The normalized spacial score (nSPS) is 28.4.